The van der Waals surface area contributed by atoms with Crippen molar-refractivity contribution in [2.24, 2.45) is 4.99 Å². The van der Waals surface area contributed by atoms with Gasteiger partial charge in [-0.1, -0.05) is 32.6 Å². The van der Waals surface area contributed by atoms with E-state index < -0.39 is 17.8 Å². The van der Waals surface area contributed by atoms with Crippen LogP contribution in [0, 0.1) is 0 Å². The minimum atomic E-state index is -4.65. The molecule has 3 heterocycles. The van der Waals surface area contributed by atoms with E-state index in [0.717, 1.165) is 10.7 Å². The first kappa shape index (κ1) is 25.2. The monoisotopic (exact) mass is 456 g/mol. The zero-order chi connectivity index (χ0) is 24.4. The molecule has 3 rings (SSSR count). The Morgan fingerprint density at radius 1 is 1.21 bits per heavy atom. The van der Waals surface area contributed by atoms with Gasteiger partial charge < -0.3 is 5.32 Å². The number of alkyl halides is 3. The Morgan fingerprint density at radius 2 is 1.97 bits per heavy atom. The number of anilines is 1. The normalized spacial score (nSPS) is 11.6. The lowest BCUT2D eigenvalue weighted by atomic mass is 10.2. The van der Waals surface area contributed by atoms with Crippen molar-refractivity contribution in [3.05, 3.63) is 84.6 Å². The molecule has 3 aromatic rings. The number of rotatable bonds is 6. The van der Waals surface area contributed by atoms with E-state index in [4.69, 9.17) is 0 Å². The third kappa shape index (κ3) is 6.45. The fraction of sp³-hybridized carbons (Fsp3) is 0.174. The van der Waals surface area contributed by atoms with E-state index in [1.165, 1.54) is 56.1 Å². The number of carbonyl (C=O) groups excluding carboxylic acids is 1. The van der Waals surface area contributed by atoms with Gasteiger partial charge in [0, 0.05) is 31.2 Å². The summed E-state index contributed by atoms with van der Waals surface area (Å²) in [6.07, 6.45) is 3.79. The Hall–Kier alpha value is -4.08. The van der Waals surface area contributed by atoms with Gasteiger partial charge in [0.2, 0.25) is 0 Å². The second-order valence-electron chi connectivity index (χ2n) is 6.17. The number of allylic oxidation sites excluding steroid dienone is 3. The van der Waals surface area contributed by atoms with Crippen LogP contribution in [0.4, 0.5) is 19.0 Å². The fourth-order valence-electron chi connectivity index (χ4n) is 2.65. The minimum Gasteiger partial charge on any atom is -0.307 e. The van der Waals surface area contributed by atoms with E-state index in [1.54, 1.807) is 12.1 Å². The van der Waals surface area contributed by atoms with Crippen molar-refractivity contribution in [3.8, 4) is 5.69 Å². The molecule has 0 spiro atoms. The van der Waals surface area contributed by atoms with E-state index in [2.05, 4.69) is 32.0 Å². The zero-order valence-electron chi connectivity index (χ0n) is 18.3. The van der Waals surface area contributed by atoms with Gasteiger partial charge in [0.1, 0.15) is 11.5 Å². The Labute approximate surface area is 189 Å². The zero-order valence-corrected chi connectivity index (χ0v) is 18.3. The van der Waals surface area contributed by atoms with Gasteiger partial charge in [-0.25, -0.2) is 9.67 Å². The molecule has 0 atom stereocenters. The molecule has 0 saturated carbocycles. The van der Waals surface area contributed by atoms with Crippen LogP contribution < -0.4 is 5.32 Å². The molecule has 172 valence electrons. The second-order valence-corrected chi connectivity index (χ2v) is 6.17. The highest BCUT2D eigenvalue weighted by molar-refractivity contribution is 6.09. The number of aromatic nitrogens is 4. The molecule has 0 bridgehead atoms. The molecule has 33 heavy (non-hydrogen) atoms. The van der Waals surface area contributed by atoms with Crippen molar-refractivity contribution in [2.45, 2.75) is 20.0 Å². The van der Waals surface area contributed by atoms with Gasteiger partial charge in [-0.15, -0.1) is 0 Å². The molecule has 0 unspecified atom stereocenters. The largest absolute Gasteiger partial charge is 0.433 e. The predicted octanol–water partition coefficient (Wildman–Crippen LogP) is 5.23. The summed E-state index contributed by atoms with van der Waals surface area (Å²) in [5, 5.41) is 6.64. The Kier molecular flexibility index (Phi) is 8.79. The number of nitrogens with one attached hydrogen (secondary N) is 1. The van der Waals surface area contributed by atoms with Crippen molar-refractivity contribution >= 4 is 23.5 Å². The molecule has 1 amide bonds. The number of aliphatic imine (C=N–C) groups is 1. The number of hydrogen-bond donors (Lipinski definition) is 1. The van der Waals surface area contributed by atoms with Gasteiger partial charge in [0.05, 0.1) is 23.1 Å². The standard InChI is InChI=1S/C21H17F3N6O.C2H6/c1-3-5-14(11-25-2)17-10-18(21(22,23)24)30(29-17)16-7-8-19(27-13-16)28-20(31)15-6-4-9-26-12-15;1-2/h3-13H,1H2,2H3,(H,27,28,31);1-2H3/b14-5+,25-11?;. The van der Waals surface area contributed by atoms with Crippen LogP contribution in [-0.2, 0) is 6.18 Å². The minimum absolute atomic E-state index is 0.0735. The van der Waals surface area contributed by atoms with Gasteiger partial charge >= 0.3 is 6.18 Å². The van der Waals surface area contributed by atoms with E-state index in [9.17, 15) is 18.0 Å². The molecular formula is C23H23F3N6O. The number of carbonyl (C=O) groups is 1. The summed E-state index contributed by atoms with van der Waals surface area (Å²) in [6, 6.07) is 6.88. The van der Waals surface area contributed by atoms with E-state index in [1.807, 2.05) is 13.8 Å². The molecule has 0 aliphatic carbocycles. The smallest absolute Gasteiger partial charge is 0.307 e. The molecule has 0 aliphatic heterocycles. The number of hydrogen-bond acceptors (Lipinski definition) is 5. The van der Waals surface area contributed by atoms with Crippen LogP contribution in [0.25, 0.3) is 11.3 Å². The molecule has 0 aliphatic rings. The molecule has 10 heteroatoms. The maximum absolute atomic E-state index is 13.6. The molecule has 7 nitrogen and oxygen atoms in total. The lowest BCUT2D eigenvalue weighted by Crippen LogP contribution is -2.15. The van der Waals surface area contributed by atoms with Crippen LogP contribution in [0.2, 0.25) is 0 Å². The highest BCUT2D eigenvalue weighted by Crippen LogP contribution is 2.33. The van der Waals surface area contributed by atoms with Crippen LogP contribution in [0.15, 0.2) is 72.6 Å². The molecule has 3 aromatic heterocycles. The highest BCUT2D eigenvalue weighted by Gasteiger charge is 2.36. The fourth-order valence-corrected chi connectivity index (χ4v) is 2.65. The first-order valence-corrected chi connectivity index (χ1v) is 9.94. The third-order valence-electron chi connectivity index (χ3n) is 4.02. The summed E-state index contributed by atoms with van der Waals surface area (Å²) in [6.45, 7) is 7.56. The Bertz CT molecular complexity index is 1130. The SMILES string of the molecule is C=C/C=C(\C=NC)c1cc(C(F)(F)F)n(-c2ccc(NC(=O)c3cccnc3)nc2)n1.CC. The van der Waals surface area contributed by atoms with Crippen LogP contribution in [0.1, 0.15) is 35.6 Å². The first-order chi connectivity index (χ1) is 15.8. The molecular weight excluding hydrogens is 433 g/mol. The summed E-state index contributed by atoms with van der Waals surface area (Å²) in [7, 11) is 1.50. The van der Waals surface area contributed by atoms with Crippen LogP contribution >= 0.6 is 0 Å². The summed E-state index contributed by atoms with van der Waals surface area (Å²) < 4.78 is 41.6. The van der Waals surface area contributed by atoms with Crippen molar-refractivity contribution in [1.82, 2.24) is 19.7 Å². The van der Waals surface area contributed by atoms with Crippen molar-refractivity contribution < 1.29 is 18.0 Å². The Balaban J connectivity index is 0.00000187. The molecule has 0 fully saturated rings. The molecule has 0 aromatic carbocycles. The van der Waals surface area contributed by atoms with Crippen LogP contribution in [0.3, 0.4) is 0 Å². The number of amides is 1. The lowest BCUT2D eigenvalue weighted by molar-refractivity contribution is -0.142. The highest BCUT2D eigenvalue weighted by atomic mass is 19.4. The average molecular weight is 456 g/mol. The van der Waals surface area contributed by atoms with E-state index in [0.29, 0.717) is 11.1 Å². The summed E-state index contributed by atoms with van der Waals surface area (Å²) in [4.78, 5) is 23.9. The summed E-state index contributed by atoms with van der Waals surface area (Å²) >= 11 is 0. The van der Waals surface area contributed by atoms with Crippen molar-refractivity contribution in [2.75, 3.05) is 12.4 Å². The maximum Gasteiger partial charge on any atom is 0.433 e. The summed E-state index contributed by atoms with van der Waals surface area (Å²) in [5.41, 5.74) is -0.134. The predicted molar refractivity (Wildman–Crippen MR) is 122 cm³/mol. The van der Waals surface area contributed by atoms with E-state index >= 15 is 0 Å². The van der Waals surface area contributed by atoms with Crippen molar-refractivity contribution in [3.63, 3.8) is 0 Å². The van der Waals surface area contributed by atoms with Gasteiger partial charge in [-0.05, 0) is 30.3 Å². The first-order valence-electron chi connectivity index (χ1n) is 9.94. The van der Waals surface area contributed by atoms with Crippen LogP contribution in [0.5, 0.6) is 0 Å². The van der Waals surface area contributed by atoms with Crippen molar-refractivity contribution in [1.29, 1.82) is 0 Å². The summed E-state index contributed by atoms with van der Waals surface area (Å²) in [5.74, 6) is -0.271. The van der Waals surface area contributed by atoms with Gasteiger partial charge in [-0.2, -0.15) is 18.3 Å². The number of pyridine rings is 2. The van der Waals surface area contributed by atoms with Gasteiger partial charge in [0.25, 0.3) is 5.91 Å². The van der Waals surface area contributed by atoms with Crippen LogP contribution in [-0.4, -0.2) is 38.9 Å². The topological polar surface area (TPSA) is 85.1 Å². The second kappa shape index (κ2) is 11.5. The van der Waals surface area contributed by atoms with Gasteiger partial charge in [0.15, 0.2) is 0 Å². The van der Waals surface area contributed by atoms with Gasteiger partial charge in [-0.3, -0.25) is 14.8 Å². The Morgan fingerprint density at radius 3 is 2.52 bits per heavy atom. The number of halogens is 3. The number of nitrogens with zero attached hydrogens (tertiary/aromatic N) is 5. The maximum atomic E-state index is 13.6. The quantitative estimate of drug-likeness (QED) is 0.407. The lowest BCUT2D eigenvalue weighted by Gasteiger charge is -2.10. The molecule has 0 radical (unpaired) electrons. The molecule has 1 N–H and O–H groups in total. The van der Waals surface area contributed by atoms with E-state index in [-0.39, 0.29) is 17.2 Å². The molecule has 0 saturated heterocycles. The average Bonchev–Trinajstić information content (AvgIpc) is 3.27. The third-order valence-corrected chi connectivity index (χ3v) is 4.02.